The summed E-state index contributed by atoms with van der Waals surface area (Å²) in [5, 5.41) is 5.23. The summed E-state index contributed by atoms with van der Waals surface area (Å²) >= 11 is 1.48. The van der Waals surface area contributed by atoms with E-state index in [0.29, 0.717) is 12.5 Å². The Morgan fingerprint density at radius 3 is 2.84 bits per heavy atom. The molecule has 136 valence electrons. The standard InChI is InChI=1S/C20H28N2O2S/c1-13(17-11-14-6-7-15(17)10-14)21-19(23)16-4-2-8-22(12-16)20(24)18-5-3-9-25-18/h3,5,9,13-17H,2,4,6-8,10-12H2,1H3,(H,21,23). The van der Waals surface area contributed by atoms with Gasteiger partial charge in [-0.3, -0.25) is 9.59 Å². The lowest BCUT2D eigenvalue weighted by molar-refractivity contribution is -0.127. The van der Waals surface area contributed by atoms with E-state index in [9.17, 15) is 9.59 Å². The highest BCUT2D eigenvalue weighted by Gasteiger charge is 2.42. The zero-order valence-corrected chi connectivity index (χ0v) is 15.8. The predicted octanol–water partition coefficient (Wildman–Crippen LogP) is 3.54. The Morgan fingerprint density at radius 1 is 1.28 bits per heavy atom. The highest BCUT2D eigenvalue weighted by Crippen LogP contribution is 2.49. The number of likely N-dealkylation sites (tertiary alicyclic amines) is 1. The van der Waals surface area contributed by atoms with E-state index >= 15 is 0 Å². The van der Waals surface area contributed by atoms with Gasteiger partial charge in [-0.05, 0) is 68.2 Å². The van der Waals surface area contributed by atoms with Gasteiger partial charge in [-0.15, -0.1) is 11.3 Å². The Morgan fingerprint density at radius 2 is 2.16 bits per heavy atom. The van der Waals surface area contributed by atoms with Crippen molar-refractivity contribution in [2.45, 2.75) is 51.5 Å². The van der Waals surface area contributed by atoms with Crippen molar-refractivity contribution in [1.82, 2.24) is 10.2 Å². The molecule has 1 saturated heterocycles. The summed E-state index contributed by atoms with van der Waals surface area (Å²) in [4.78, 5) is 28.0. The van der Waals surface area contributed by atoms with Crippen LogP contribution in [0.15, 0.2) is 17.5 Å². The molecule has 2 heterocycles. The fraction of sp³-hybridized carbons (Fsp3) is 0.700. The quantitative estimate of drug-likeness (QED) is 0.893. The number of hydrogen-bond donors (Lipinski definition) is 1. The third-order valence-corrected chi connectivity index (χ3v) is 7.47. The third kappa shape index (κ3) is 3.48. The van der Waals surface area contributed by atoms with Gasteiger partial charge >= 0.3 is 0 Å². The number of rotatable bonds is 4. The van der Waals surface area contributed by atoms with Gasteiger partial charge in [0.15, 0.2) is 0 Å². The topological polar surface area (TPSA) is 49.4 Å². The molecule has 0 radical (unpaired) electrons. The second-order valence-electron chi connectivity index (χ2n) is 8.20. The van der Waals surface area contributed by atoms with Gasteiger partial charge in [-0.1, -0.05) is 12.5 Å². The van der Waals surface area contributed by atoms with Crippen molar-refractivity contribution >= 4 is 23.2 Å². The number of carbonyl (C=O) groups is 2. The Kier molecular flexibility index (Phi) is 4.85. The molecule has 25 heavy (non-hydrogen) atoms. The number of fused-ring (bicyclic) bond motifs is 2. The van der Waals surface area contributed by atoms with Crippen LogP contribution in [0, 0.1) is 23.7 Å². The van der Waals surface area contributed by atoms with Crippen LogP contribution in [0.5, 0.6) is 0 Å². The summed E-state index contributed by atoms with van der Waals surface area (Å²) in [6.07, 6.45) is 7.21. The molecule has 1 N–H and O–H groups in total. The van der Waals surface area contributed by atoms with Crippen LogP contribution >= 0.6 is 11.3 Å². The number of carbonyl (C=O) groups excluding carboxylic acids is 2. The van der Waals surface area contributed by atoms with Crippen molar-refractivity contribution in [3.8, 4) is 0 Å². The molecule has 0 aromatic carbocycles. The molecule has 3 aliphatic rings. The SMILES string of the molecule is CC(NC(=O)C1CCCN(C(=O)c2cccs2)C1)C1CC2CCC1C2. The molecule has 2 saturated carbocycles. The summed E-state index contributed by atoms with van der Waals surface area (Å²) in [5.74, 6) is 2.56. The zero-order valence-electron chi connectivity index (χ0n) is 14.9. The van der Waals surface area contributed by atoms with Crippen LogP contribution in [0.4, 0.5) is 0 Å². The second-order valence-corrected chi connectivity index (χ2v) is 9.15. The van der Waals surface area contributed by atoms with Gasteiger partial charge in [0.2, 0.25) is 5.91 Å². The number of nitrogens with one attached hydrogen (secondary N) is 1. The maximum Gasteiger partial charge on any atom is 0.263 e. The maximum atomic E-state index is 12.8. The summed E-state index contributed by atoms with van der Waals surface area (Å²) in [5.41, 5.74) is 0. The molecule has 2 amide bonds. The first-order chi connectivity index (χ1) is 12.1. The van der Waals surface area contributed by atoms with E-state index in [0.717, 1.165) is 36.1 Å². The van der Waals surface area contributed by atoms with Gasteiger partial charge in [0.25, 0.3) is 5.91 Å². The molecule has 2 bridgehead atoms. The first-order valence-corrected chi connectivity index (χ1v) is 10.6. The van der Waals surface area contributed by atoms with E-state index in [1.807, 2.05) is 22.4 Å². The molecular formula is C20H28N2O2S. The lowest BCUT2D eigenvalue weighted by Gasteiger charge is -2.34. The number of piperidine rings is 1. The molecule has 5 heteroatoms. The Balaban J connectivity index is 1.33. The molecule has 1 aromatic rings. The van der Waals surface area contributed by atoms with E-state index in [-0.39, 0.29) is 23.8 Å². The van der Waals surface area contributed by atoms with Crippen LogP contribution in [-0.4, -0.2) is 35.8 Å². The van der Waals surface area contributed by atoms with Crippen molar-refractivity contribution in [1.29, 1.82) is 0 Å². The summed E-state index contributed by atoms with van der Waals surface area (Å²) < 4.78 is 0. The monoisotopic (exact) mass is 360 g/mol. The van der Waals surface area contributed by atoms with Crippen molar-refractivity contribution in [3.63, 3.8) is 0 Å². The number of thiophene rings is 1. The minimum absolute atomic E-state index is 0.0568. The number of hydrogen-bond acceptors (Lipinski definition) is 3. The van der Waals surface area contributed by atoms with Crippen LogP contribution in [0.2, 0.25) is 0 Å². The summed E-state index contributed by atoms with van der Waals surface area (Å²) in [7, 11) is 0. The largest absolute Gasteiger partial charge is 0.353 e. The molecule has 3 fully saturated rings. The molecule has 2 aliphatic carbocycles. The Bertz CT molecular complexity index is 630. The van der Waals surface area contributed by atoms with E-state index in [4.69, 9.17) is 0 Å². The van der Waals surface area contributed by atoms with Crippen molar-refractivity contribution in [2.75, 3.05) is 13.1 Å². The molecule has 4 nitrogen and oxygen atoms in total. The normalized spacial score (nSPS) is 32.6. The number of amides is 2. The van der Waals surface area contributed by atoms with E-state index in [2.05, 4.69) is 12.2 Å². The van der Waals surface area contributed by atoms with Gasteiger partial charge < -0.3 is 10.2 Å². The van der Waals surface area contributed by atoms with Gasteiger partial charge in [0, 0.05) is 19.1 Å². The first kappa shape index (κ1) is 17.1. The summed E-state index contributed by atoms with van der Waals surface area (Å²) in [6, 6.07) is 4.04. The maximum absolute atomic E-state index is 12.8. The van der Waals surface area contributed by atoms with Crippen molar-refractivity contribution in [3.05, 3.63) is 22.4 Å². The van der Waals surface area contributed by atoms with Crippen molar-refractivity contribution in [2.24, 2.45) is 23.7 Å². The molecular weight excluding hydrogens is 332 g/mol. The minimum atomic E-state index is -0.0568. The predicted molar refractivity (Wildman–Crippen MR) is 99.5 cm³/mol. The second kappa shape index (κ2) is 7.10. The smallest absolute Gasteiger partial charge is 0.263 e. The molecule has 0 spiro atoms. The third-order valence-electron chi connectivity index (χ3n) is 6.62. The average Bonchev–Trinajstić information content (AvgIpc) is 3.38. The van der Waals surface area contributed by atoms with Crippen LogP contribution in [0.25, 0.3) is 0 Å². The van der Waals surface area contributed by atoms with E-state index in [1.165, 1.54) is 37.0 Å². The zero-order chi connectivity index (χ0) is 17.4. The first-order valence-electron chi connectivity index (χ1n) is 9.75. The Labute approximate surface area is 154 Å². The van der Waals surface area contributed by atoms with E-state index in [1.54, 1.807) is 0 Å². The molecule has 4 rings (SSSR count). The molecule has 5 atom stereocenters. The van der Waals surface area contributed by atoms with Gasteiger partial charge in [0.1, 0.15) is 0 Å². The fourth-order valence-corrected chi connectivity index (χ4v) is 5.98. The fourth-order valence-electron chi connectivity index (χ4n) is 5.29. The van der Waals surface area contributed by atoms with Gasteiger partial charge in [0.05, 0.1) is 10.8 Å². The van der Waals surface area contributed by atoms with Crippen molar-refractivity contribution < 1.29 is 9.59 Å². The summed E-state index contributed by atoms with van der Waals surface area (Å²) in [6.45, 7) is 3.51. The molecule has 5 unspecified atom stereocenters. The lowest BCUT2D eigenvalue weighted by atomic mass is 9.83. The highest BCUT2D eigenvalue weighted by molar-refractivity contribution is 7.12. The van der Waals surface area contributed by atoms with Gasteiger partial charge in [-0.25, -0.2) is 0 Å². The van der Waals surface area contributed by atoms with E-state index < -0.39 is 0 Å². The molecule has 1 aliphatic heterocycles. The number of nitrogens with zero attached hydrogens (tertiary/aromatic N) is 1. The van der Waals surface area contributed by atoms with Gasteiger partial charge in [-0.2, -0.15) is 0 Å². The lowest BCUT2D eigenvalue weighted by Crippen LogP contribution is -2.48. The average molecular weight is 361 g/mol. The molecule has 1 aromatic heterocycles. The van der Waals surface area contributed by atoms with Crippen LogP contribution in [0.3, 0.4) is 0 Å². The van der Waals surface area contributed by atoms with Crippen LogP contribution in [0.1, 0.15) is 55.1 Å². The van der Waals surface area contributed by atoms with Crippen LogP contribution in [-0.2, 0) is 4.79 Å². The van der Waals surface area contributed by atoms with Crippen LogP contribution < -0.4 is 5.32 Å². The minimum Gasteiger partial charge on any atom is -0.353 e. The highest BCUT2D eigenvalue weighted by atomic mass is 32.1. The Hall–Kier alpha value is -1.36.